The van der Waals surface area contributed by atoms with Crippen LogP contribution in [-0.2, 0) is 0 Å². The van der Waals surface area contributed by atoms with Gasteiger partial charge in [-0.1, -0.05) is 26.0 Å². The molecule has 120 valence electrons. The maximum atomic E-state index is 3.62. The Morgan fingerprint density at radius 1 is 1.19 bits per heavy atom. The Bertz CT molecular complexity index is 377. The largest absolute Gasteiger partial charge is 0.372 e. The van der Waals surface area contributed by atoms with E-state index in [0.717, 1.165) is 13.0 Å². The predicted molar refractivity (Wildman–Crippen MR) is 98.6 cm³/mol. The molecule has 0 heterocycles. The molecule has 0 aliphatic carbocycles. The molecule has 0 aromatic heterocycles. The molecule has 1 aromatic rings. The average molecular weight is 309 g/mol. The number of rotatable bonds is 10. The number of hydrogen-bond donors (Lipinski definition) is 1. The Morgan fingerprint density at radius 2 is 1.86 bits per heavy atom. The van der Waals surface area contributed by atoms with Gasteiger partial charge in [-0.3, -0.25) is 0 Å². The van der Waals surface area contributed by atoms with Crippen molar-refractivity contribution < 1.29 is 0 Å². The Morgan fingerprint density at radius 3 is 2.38 bits per heavy atom. The van der Waals surface area contributed by atoms with Gasteiger partial charge in [0, 0.05) is 24.8 Å². The summed E-state index contributed by atoms with van der Waals surface area (Å²) in [7, 11) is 2.20. The van der Waals surface area contributed by atoms with Crippen LogP contribution in [0.5, 0.6) is 0 Å². The summed E-state index contributed by atoms with van der Waals surface area (Å²) in [5.41, 5.74) is 2.72. The van der Waals surface area contributed by atoms with E-state index in [4.69, 9.17) is 0 Å². The Hall–Kier alpha value is -0.670. The van der Waals surface area contributed by atoms with E-state index >= 15 is 0 Å². The van der Waals surface area contributed by atoms with Gasteiger partial charge in [0.15, 0.2) is 0 Å². The second-order valence-corrected chi connectivity index (χ2v) is 6.73. The third-order valence-electron chi connectivity index (χ3n) is 4.15. The first-order chi connectivity index (χ1) is 10.1. The van der Waals surface area contributed by atoms with Gasteiger partial charge in [0.1, 0.15) is 0 Å². The quantitative estimate of drug-likeness (QED) is 0.673. The van der Waals surface area contributed by atoms with Crippen LogP contribution in [0, 0.1) is 0 Å². The van der Waals surface area contributed by atoms with E-state index in [1.165, 1.54) is 29.8 Å². The van der Waals surface area contributed by atoms with Gasteiger partial charge in [-0.05, 0) is 62.4 Å². The number of anilines is 1. The van der Waals surface area contributed by atoms with E-state index in [0.29, 0.717) is 12.1 Å². The molecule has 0 amide bonds. The maximum Gasteiger partial charge on any atom is 0.0366 e. The van der Waals surface area contributed by atoms with Crippen LogP contribution in [0.1, 0.15) is 51.6 Å². The van der Waals surface area contributed by atoms with E-state index in [-0.39, 0.29) is 0 Å². The SMILES string of the molecule is CCCNC(CC)c1ccc(N(C)C(C)CCSC)cc1. The summed E-state index contributed by atoms with van der Waals surface area (Å²) in [6.07, 6.45) is 5.73. The first-order valence-electron chi connectivity index (χ1n) is 8.19. The van der Waals surface area contributed by atoms with Crippen molar-refractivity contribution in [1.29, 1.82) is 0 Å². The van der Waals surface area contributed by atoms with Crippen LogP contribution in [0.25, 0.3) is 0 Å². The van der Waals surface area contributed by atoms with Crippen LogP contribution >= 0.6 is 11.8 Å². The highest BCUT2D eigenvalue weighted by atomic mass is 32.2. The van der Waals surface area contributed by atoms with Gasteiger partial charge in [0.2, 0.25) is 0 Å². The van der Waals surface area contributed by atoms with Crippen LogP contribution in [0.2, 0.25) is 0 Å². The van der Waals surface area contributed by atoms with Gasteiger partial charge in [0.25, 0.3) is 0 Å². The first-order valence-corrected chi connectivity index (χ1v) is 9.58. The molecular weight excluding hydrogens is 276 g/mol. The summed E-state index contributed by atoms with van der Waals surface area (Å²) >= 11 is 1.92. The lowest BCUT2D eigenvalue weighted by molar-refractivity contribution is 0.518. The number of nitrogens with one attached hydrogen (secondary N) is 1. The molecule has 0 fully saturated rings. The van der Waals surface area contributed by atoms with Gasteiger partial charge in [-0.15, -0.1) is 0 Å². The fraction of sp³-hybridized carbons (Fsp3) is 0.667. The monoisotopic (exact) mass is 308 g/mol. The first kappa shape index (κ1) is 18.4. The molecule has 21 heavy (non-hydrogen) atoms. The van der Waals surface area contributed by atoms with Gasteiger partial charge in [-0.25, -0.2) is 0 Å². The van der Waals surface area contributed by atoms with Crippen molar-refractivity contribution in [3.05, 3.63) is 29.8 Å². The summed E-state index contributed by atoms with van der Waals surface area (Å²) in [6.45, 7) is 7.86. The van der Waals surface area contributed by atoms with Crippen LogP contribution in [0.3, 0.4) is 0 Å². The minimum atomic E-state index is 0.484. The van der Waals surface area contributed by atoms with E-state index in [1.54, 1.807) is 0 Å². The summed E-state index contributed by atoms with van der Waals surface area (Å²) in [5.74, 6) is 1.22. The van der Waals surface area contributed by atoms with Crippen LogP contribution < -0.4 is 10.2 Å². The third-order valence-corrected chi connectivity index (χ3v) is 4.80. The number of benzene rings is 1. The topological polar surface area (TPSA) is 15.3 Å². The van der Waals surface area contributed by atoms with Crippen molar-refractivity contribution in [2.75, 3.05) is 30.5 Å². The molecule has 1 aromatic carbocycles. The molecule has 0 radical (unpaired) electrons. The molecule has 0 saturated carbocycles. The molecule has 0 aliphatic heterocycles. The highest BCUT2D eigenvalue weighted by molar-refractivity contribution is 7.98. The predicted octanol–water partition coefficient (Wildman–Crippen LogP) is 4.72. The number of hydrogen-bond acceptors (Lipinski definition) is 3. The molecule has 2 atom stereocenters. The second kappa shape index (κ2) is 10.1. The molecule has 2 nitrogen and oxygen atoms in total. The lowest BCUT2D eigenvalue weighted by Crippen LogP contribution is -2.29. The lowest BCUT2D eigenvalue weighted by Gasteiger charge is -2.27. The highest BCUT2D eigenvalue weighted by Gasteiger charge is 2.11. The van der Waals surface area contributed by atoms with Crippen LogP contribution in [0.15, 0.2) is 24.3 Å². The van der Waals surface area contributed by atoms with Crippen LogP contribution in [-0.4, -0.2) is 31.6 Å². The van der Waals surface area contributed by atoms with E-state index in [1.807, 2.05) is 11.8 Å². The van der Waals surface area contributed by atoms with E-state index in [2.05, 4.69) is 68.6 Å². The maximum absolute atomic E-state index is 3.62. The Labute approximate surface area is 135 Å². The third kappa shape index (κ3) is 5.91. The smallest absolute Gasteiger partial charge is 0.0366 e. The normalized spacial score (nSPS) is 14.0. The zero-order chi connectivity index (χ0) is 15.7. The van der Waals surface area contributed by atoms with E-state index in [9.17, 15) is 0 Å². The molecule has 1 N–H and O–H groups in total. The number of thioether (sulfide) groups is 1. The second-order valence-electron chi connectivity index (χ2n) is 5.75. The highest BCUT2D eigenvalue weighted by Crippen LogP contribution is 2.22. The Balaban J connectivity index is 2.67. The van der Waals surface area contributed by atoms with Gasteiger partial charge < -0.3 is 10.2 Å². The summed E-state index contributed by atoms with van der Waals surface area (Å²) < 4.78 is 0. The summed E-state index contributed by atoms with van der Waals surface area (Å²) in [4.78, 5) is 2.39. The molecule has 0 aliphatic rings. The molecule has 1 rings (SSSR count). The molecule has 0 spiro atoms. The zero-order valence-corrected chi connectivity index (χ0v) is 15.2. The fourth-order valence-corrected chi connectivity index (χ4v) is 3.07. The lowest BCUT2D eigenvalue weighted by atomic mass is 10.0. The Kier molecular flexibility index (Phi) is 8.86. The summed E-state index contributed by atoms with van der Waals surface area (Å²) in [6, 6.07) is 10.2. The van der Waals surface area contributed by atoms with Crippen molar-refractivity contribution in [3.63, 3.8) is 0 Å². The van der Waals surface area contributed by atoms with Crippen LogP contribution in [0.4, 0.5) is 5.69 Å². The van der Waals surface area contributed by atoms with Crippen molar-refractivity contribution in [2.24, 2.45) is 0 Å². The van der Waals surface area contributed by atoms with Gasteiger partial charge >= 0.3 is 0 Å². The molecule has 3 heteroatoms. The minimum Gasteiger partial charge on any atom is -0.372 e. The molecule has 0 bridgehead atoms. The minimum absolute atomic E-state index is 0.484. The zero-order valence-electron chi connectivity index (χ0n) is 14.4. The van der Waals surface area contributed by atoms with E-state index < -0.39 is 0 Å². The summed E-state index contributed by atoms with van der Waals surface area (Å²) in [5, 5.41) is 3.62. The molecular formula is C18H32N2S. The standard InChI is InChI=1S/C18H32N2S/c1-6-13-19-18(7-2)16-8-10-17(11-9-16)20(4)15(3)12-14-21-5/h8-11,15,18-19H,6-7,12-14H2,1-5H3. The fourth-order valence-electron chi connectivity index (χ4n) is 2.49. The van der Waals surface area contributed by atoms with Crippen molar-refractivity contribution in [2.45, 2.75) is 52.1 Å². The van der Waals surface area contributed by atoms with Gasteiger partial charge in [-0.2, -0.15) is 11.8 Å². The number of nitrogens with zero attached hydrogens (tertiary/aromatic N) is 1. The molecule has 2 unspecified atom stereocenters. The van der Waals surface area contributed by atoms with Gasteiger partial charge in [0.05, 0.1) is 0 Å². The molecule has 0 saturated heterocycles. The van der Waals surface area contributed by atoms with Crippen molar-refractivity contribution in [3.8, 4) is 0 Å². The van der Waals surface area contributed by atoms with Crippen molar-refractivity contribution in [1.82, 2.24) is 5.32 Å². The van der Waals surface area contributed by atoms with Crippen molar-refractivity contribution >= 4 is 17.4 Å². The average Bonchev–Trinajstić information content (AvgIpc) is 2.53.